The monoisotopic (exact) mass is 499 g/mol. The van der Waals surface area contributed by atoms with Crippen LogP contribution in [0.5, 0.6) is 0 Å². The molecule has 4 rings (SSSR count). The number of carbonyl (C=O) groups is 1. The van der Waals surface area contributed by atoms with E-state index in [1.165, 1.54) is 34.9 Å². The van der Waals surface area contributed by atoms with Crippen molar-refractivity contribution in [2.75, 3.05) is 28.6 Å². The number of rotatable bonds is 9. The van der Waals surface area contributed by atoms with E-state index in [4.69, 9.17) is 0 Å². The zero-order valence-electron chi connectivity index (χ0n) is 18.7. The van der Waals surface area contributed by atoms with Crippen molar-refractivity contribution in [2.24, 2.45) is 0 Å². The molecule has 1 atom stereocenters. The summed E-state index contributed by atoms with van der Waals surface area (Å²) in [6.07, 6.45) is 0.256. The number of nitrogens with zero attached hydrogens (tertiary/aromatic N) is 3. The Labute approximate surface area is 202 Å². The lowest BCUT2D eigenvalue weighted by Crippen LogP contribution is -2.21. The number of hydrogen-bond acceptors (Lipinski definition) is 8. The molecular formula is C23H25N5O4S2. The van der Waals surface area contributed by atoms with Crippen LogP contribution in [0.15, 0.2) is 64.6 Å². The summed E-state index contributed by atoms with van der Waals surface area (Å²) in [6, 6.07) is 15.6. The average Bonchev–Trinajstić information content (AvgIpc) is 3.10. The largest absolute Gasteiger partial charge is 0.394 e. The van der Waals surface area contributed by atoms with E-state index in [9.17, 15) is 18.3 Å². The molecule has 0 aliphatic carbocycles. The molecule has 2 aromatic carbocycles. The van der Waals surface area contributed by atoms with Crippen LogP contribution in [0.3, 0.4) is 0 Å². The van der Waals surface area contributed by atoms with Crippen molar-refractivity contribution < 1.29 is 18.3 Å². The lowest BCUT2D eigenvalue weighted by Gasteiger charge is -2.15. The van der Waals surface area contributed by atoms with E-state index >= 15 is 0 Å². The fourth-order valence-corrected chi connectivity index (χ4v) is 5.25. The Bertz CT molecular complexity index is 1300. The standard InChI is InChI=1S/C23H25N5O4S2/c1-15(13-29)24-20-12-21(26-23(25-20)33-14-16-6-4-3-5-7-16)27-34(31,32)18-9-8-17-10-22(30)28(2)19(17)11-18/h3-9,11-12,15,29H,10,13-14H2,1-2H3,(H2,24,25,26,27)/t15-/m1/s1. The third-order valence-corrected chi connectivity index (χ3v) is 7.54. The van der Waals surface area contributed by atoms with Crippen LogP contribution in [0.4, 0.5) is 17.3 Å². The highest BCUT2D eigenvalue weighted by Gasteiger charge is 2.26. The molecule has 9 nitrogen and oxygen atoms in total. The lowest BCUT2D eigenvalue weighted by atomic mass is 10.2. The van der Waals surface area contributed by atoms with E-state index in [0.29, 0.717) is 22.4 Å². The summed E-state index contributed by atoms with van der Waals surface area (Å²) in [7, 11) is -2.35. The van der Waals surface area contributed by atoms with Crippen LogP contribution in [0.2, 0.25) is 0 Å². The first-order chi connectivity index (χ1) is 16.2. The van der Waals surface area contributed by atoms with Crippen LogP contribution in [0.1, 0.15) is 18.1 Å². The van der Waals surface area contributed by atoms with Gasteiger partial charge < -0.3 is 15.3 Å². The van der Waals surface area contributed by atoms with Crippen molar-refractivity contribution in [2.45, 2.75) is 35.2 Å². The van der Waals surface area contributed by atoms with Gasteiger partial charge in [0.25, 0.3) is 10.0 Å². The van der Waals surface area contributed by atoms with Gasteiger partial charge in [-0.2, -0.15) is 0 Å². The number of aliphatic hydroxyl groups excluding tert-OH is 1. The minimum absolute atomic E-state index is 0.0307. The van der Waals surface area contributed by atoms with Gasteiger partial charge in [0.15, 0.2) is 5.16 Å². The van der Waals surface area contributed by atoms with Crippen LogP contribution >= 0.6 is 11.8 Å². The molecule has 3 aromatic rings. The number of carbonyl (C=O) groups excluding carboxylic acids is 1. The Hall–Kier alpha value is -3.15. The van der Waals surface area contributed by atoms with Crippen molar-refractivity contribution in [3.05, 3.63) is 65.7 Å². The smallest absolute Gasteiger partial charge is 0.263 e. The zero-order valence-corrected chi connectivity index (χ0v) is 20.4. The number of aliphatic hydroxyl groups is 1. The summed E-state index contributed by atoms with van der Waals surface area (Å²) >= 11 is 1.37. The van der Waals surface area contributed by atoms with Crippen molar-refractivity contribution in [3.63, 3.8) is 0 Å². The van der Waals surface area contributed by atoms with Gasteiger partial charge in [0, 0.05) is 30.6 Å². The zero-order chi connectivity index (χ0) is 24.3. The molecule has 0 fully saturated rings. The molecule has 3 N–H and O–H groups in total. The SMILES string of the molecule is C[C@H](CO)Nc1cc(NS(=O)(=O)c2ccc3c(c2)N(C)C(=O)C3)nc(SCc2ccccc2)n1. The quantitative estimate of drug-likeness (QED) is 0.303. The molecule has 0 saturated heterocycles. The second-order valence-corrected chi connectivity index (χ2v) is 10.6. The molecule has 1 aliphatic heterocycles. The molecule has 1 aliphatic rings. The maximum absolute atomic E-state index is 13.1. The number of aromatic nitrogens is 2. The molecule has 11 heteroatoms. The fraction of sp³-hybridized carbons (Fsp3) is 0.261. The van der Waals surface area contributed by atoms with E-state index in [2.05, 4.69) is 20.0 Å². The van der Waals surface area contributed by atoms with Gasteiger partial charge in [-0.3, -0.25) is 9.52 Å². The molecule has 0 saturated carbocycles. The molecular weight excluding hydrogens is 474 g/mol. The van der Waals surface area contributed by atoms with Gasteiger partial charge >= 0.3 is 0 Å². The average molecular weight is 500 g/mol. The third-order valence-electron chi connectivity index (χ3n) is 5.27. The minimum atomic E-state index is -3.98. The van der Waals surface area contributed by atoms with Crippen molar-refractivity contribution in [1.82, 2.24) is 9.97 Å². The summed E-state index contributed by atoms with van der Waals surface area (Å²) < 4.78 is 28.8. The maximum atomic E-state index is 13.1. The highest BCUT2D eigenvalue weighted by molar-refractivity contribution is 7.98. The van der Waals surface area contributed by atoms with Gasteiger partial charge in [-0.25, -0.2) is 18.4 Å². The van der Waals surface area contributed by atoms with Gasteiger partial charge in [-0.05, 0) is 30.2 Å². The minimum Gasteiger partial charge on any atom is -0.394 e. The van der Waals surface area contributed by atoms with Crippen LogP contribution in [0.25, 0.3) is 0 Å². The number of likely N-dealkylation sites (N-methyl/N-ethyl adjacent to an activating group) is 1. The molecule has 1 amide bonds. The maximum Gasteiger partial charge on any atom is 0.263 e. The Kier molecular flexibility index (Phi) is 7.05. The van der Waals surface area contributed by atoms with E-state index < -0.39 is 10.0 Å². The number of anilines is 3. The van der Waals surface area contributed by atoms with E-state index in [1.807, 2.05) is 30.3 Å². The van der Waals surface area contributed by atoms with E-state index in [0.717, 1.165) is 11.1 Å². The van der Waals surface area contributed by atoms with Crippen LogP contribution < -0.4 is 14.9 Å². The van der Waals surface area contributed by atoms with Gasteiger partial charge in [0.05, 0.1) is 17.9 Å². The van der Waals surface area contributed by atoms with Crippen LogP contribution in [-0.2, 0) is 27.0 Å². The molecule has 0 spiro atoms. The predicted octanol–water partition coefficient (Wildman–Crippen LogP) is 2.88. The molecule has 0 radical (unpaired) electrons. The second kappa shape index (κ2) is 10.00. The predicted molar refractivity (Wildman–Crippen MR) is 133 cm³/mol. The number of thioether (sulfide) groups is 1. The number of sulfonamides is 1. The fourth-order valence-electron chi connectivity index (χ4n) is 3.42. The number of amides is 1. The number of hydrogen-bond donors (Lipinski definition) is 3. The van der Waals surface area contributed by atoms with E-state index in [-0.39, 0.29) is 35.7 Å². The Morgan fingerprint density at radius 1 is 1.12 bits per heavy atom. The normalized spacial score (nSPS) is 14.1. The molecule has 0 bridgehead atoms. The Morgan fingerprint density at radius 2 is 1.85 bits per heavy atom. The summed E-state index contributed by atoms with van der Waals surface area (Å²) in [5.41, 5.74) is 2.45. The summed E-state index contributed by atoms with van der Waals surface area (Å²) in [4.78, 5) is 22.3. The van der Waals surface area contributed by atoms with E-state index in [1.54, 1.807) is 20.0 Å². The summed E-state index contributed by atoms with van der Waals surface area (Å²) in [6.45, 7) is 1.67. The molecule has 2 heterocycles. The topological polar surface area (TPSA) is 125 Å². The number of benzene rings is 2. The number of fused-ring (bicyclic) bond motifs is 1. The first kappa shape index (κ1) is 24.0. The van der Waals surface area contributed by atoms with Crippen molar-refractivity contribution >= 4 is 45.0 Å². The van der Waals surface area contributed by atoms with Gasteiger partial charge in [0.2, 0.25) is 5.91 Å². The Balaban J connectivity index is 1.60. The van der Waals surface area contributed by atoms with Gasteiger partial charge in [-0.15, -0.1) is 0 Å². The first-order valence-corrected chi connectivity index (χ1v) is 13.1. The molecule has 0 unspecified atom stereocenters. The van der Waals surface area contributed by atoms with Crippen molar-refractivity contribution in [1.29, 1.82) is 0 Å². The van der Waals surface area contributed by atoms with Crippen LogP contribution in [0, 0.1) is 0 Å². The number of nitrogens with one attached hydrogen (secondary N) is 2. The first-order valence-electron chi connectivity index (χ1n) is 10.6. The highest BCUT2D eigenvalue weighted by Crippen LogP contribution is 2.31. The third kappa shape index (κ3) is 5.49. The van der Waals surface area contributed by atoms with Crippen molar-refractivity contribution in [3.8, 4) is 0 Å². The molecule has 178 valence electrons. The van der Waals surface area contributed by atoms with Gasteiger partial charge in [0.1, 0.15) is 11.6 Å². The van der Waals surface area contributed by atoms with Gasteiger partial charge in [-0.1, -0.05) is 48.2 Å². The molecule has 1 aromatic heterocycles. The van der Waals surface area contributed by atoms with Crippen LogP contribution in [-0.4, -0.2) is 49.1 Å². The lowest BCUT2D eigenvalue weighted by molar-refractivity contribution is -0.117. The summed E-state index contributed by atoms with van der Waals surface area (Å²) in [5, 5.41) is 12.8. The Morgan fingerprint density at radius 3 is 2.59 bits per heavy atom. The molecule has 34 heavy (non-hydrogen) atoms. The highest BCUT2D eigenvalue weighted by atomic mass is 32.2. The second-order valence-electron chi connectivity index (χ2n) is 7.95. The summed E-state index contributed by atoms with van der Waals surface area (Å²) in [5.74, 6) is 1.02.